The molecule has 2 aromatic rings. The number of amides is 1. The van der Waals surface area contributed by atoms with Crippen LogP contribution in [-0.4, -0.2) is 10.8 Å². The maximum atomic E-state index is 11.9. The summed E-state index contributed by atoms with van der Waals surface area (Å²) in [6.45, 7) is 1.86. The van der Waals surface area contributed by atoms with Gasteiger partial charge in [-0.05, 0) is 36.3 Å². The van der Waals surface area contributed by atoms with Crippen LogP contribution in [0.4, 0.5) is 11.4 Å². The van der Waals surface area contributed by atoms with Gasteiger partial charge in [-0.15, -0.1) is 0 Å². The van der Waals surface area contributed by atoms with Gasteiger partial charge in [-0.2, -0.15) is 0 Å². The lowest BCUT2D eigenvalue weighted by Gasteiger charge is -2.06. The molecule has 6 heteroatoms. The van der Waals surface area contributed by atoms with Crippen molar-refractivity contribution >= 4 is 35.0 Å². The van der Waals surface area contributed by atoms with Crippen LogP contribution in [0.3, 0.4) is 0 Å². The fourth-order valence-electron chi connectivity index (χ4n) is 1.82. The molecule has 0 heterocycles. The van der Waals surface area contributed by atoms with Gasteiger partial charge in [0.1, 0.15) is 0 Å². The van der Waals surface area contributed by atoms with Gasteiger partial charge in [0.25, 0.3) is 5.69 Å². The van der Waals surface area contributed by atoms with Crippen molar-refractivity contribution < 1.29 is 9.72 Å². The van der Waals surface area contributed by atoms with Crippen LogP contribution in [0.25, 0.3) is 6.08 Å². The molecule has 0 atom stereocenters. The average molecular weight is 317 g/mol. The van der Waals surface area contributed by atoms with E-state index in [2.05, 4.69) is 5.32 Å². The summed E-state index contributed by atoms with van der Waals surface area (Å²) in [5.74, 6) is -0.336. The van der Waals surface area contributed by atoms with E-state index in [4.69, 9.17) is 11.6 Å². The van der Waals surface area contributed by atoms with Crippen LogP contribution in [0, 0.1) is 17.0 Å². The van der Waals surface area contributed by atoms with Crippen LogP contribution >= 0.6 is 11.6 Å². The van der Waals surface area contributed by atoms with Crippen LogP contribution in [0.15, 0.2) is 48.5 Å². The maximum Gasteiger partial charge on any atom is 0.270 e. The first-order valence-electron chi connectivity index (χ1n) is 6.45. The molecule has 0 aliphatic rings. The molecular weight excluding hydrogens is 304 g/mol. The van der Waals surface area contributed by atoms with Crippen molar-refractivity contribution in [2.75, 3.05) is 5.32 Å². The topological polar surface area (TPSA) is 72.2 Å². The predicted octanol–water partition coefficient (Wildman–Crippen LogP) is 4.21. The predicted molar refractivity (Wildman–Crippen MR) is 86.9 cm³/mol. The number of aryl methyl sites for hydroxylation is 1. The quantitative estimate of drug-likeness (QED) is 0.521. The minimum Gasteiger partial charge on any atom is -0.322 e. The zero-order valence-electron chi connectivity index (χ0n) is 11.7. The fourth-order valence-corrected chi connectivity index (χ4v) is 1.99. The Labute approximate surface area is 132 Å². The van der Waals surface area contributed by atoms with E-state index >= 15 is 0 Å². The minimum absolute atomic E-state index is 0.0201. The Morgan fingerprint density at radius 2 is 2.05 bits per heavy atom. The SMILES string of the molecule is Cc1ccc(Cl)cc1NC(=O)C=Cc1cccc([N+](=O)[O-])c1. The number of hydrogen-bond donors (Lipinski definition) is 1. The standard InChI is InChI=1S/C16H13ClN2O3/c1-11-5-7-13(17)10-15(11)18-16(20)8-6-12-3-2-4-14(9-12)19(21)22/h2-10H,1H3,(H,18,20). The average Bonchev–Trinajstić information content (AvgIpc) is 2.49. The molecule has 1 amide bonds. The molecule has 0 spiro atoms. The summed E-state index contributed by atoms with van der Waals surface area (Å²) >= 11 is 5.89. The third kappa shape index (κ3) is 4.17. The summed E-state index contributed by atoms with van der Waals surface area (Å²) in [6.07, 6.45) is 2.83. The molecule has 0 radical (unpaired) electrons. The number of carbonyl (C=O) groups excluding carboxylic acids is 1. The number of rotatable bonds is 4. The molecule has 112 valence electrons. The van der Waals surface area contributed by atoms with Gasteiger partial charge in [-0.1, -0.05) is 29.8 Å². The first kappa shape index (κ1) is 15.7. The molecule has 0 aromatic heterocycles. The Kier molecular flexibility index (Phi) is 4.91. The smallest absolute Gasteiger partial charge is 0.270 e. The zero-order valence-corrected chi connectivity index (χ0v) is 12.5. The summed E-state index contributed by atoms with van der Waals surface area (Å²) in [6, 6.07) is 11.3. The lowest BCUT2D eigenvalue weighted by atomic mass is 10.2. The Morgan fingerprint density at radius 1 is 1.27 bits per heavy atom. The molecule has 0 aliphatic carbocycles. The van der Waals surface area contributed by atoms with E-state index < -0.39 is 4.92 Å². The highest BCUT2D eigenvalue weighted by atomic mass is 35.5. The van der Waals surface area contributed by atoms with E-state index in [1.165, 1.54) is 24.3 Å². The molecule has 5 nitrogen and oxygen atoms in total. The van der Waals surface area contributed by atoms with Crippen molar-refractivity contribution in [3.05, 3.63) is 74.8 Å². The Bertz CT molecular complexity index is 757. The van der Waals surface area contributed by atoms with Crippen LogP contribution in [0.1, 0.15) is 11.1 Å². The maximum absolute atomic E-state index is 11.9. The highest BCUT2D eigenvalue weighted by Crippen LogP contribution is 2.20. The highest BCUT2D eigenvalue weighted by molar-refractivity contribution is 6.31. The first-order valence-corrected chi connectivity index (χ1v) is 6.83. The molecular formula is C16H13ClN2O3. The number of hydrogen-bond acceptors (Lipinski definition) is 3. The van der Waals surface area contributed by atoms with Crippen LogP contribution in [-0.2, 0) is 4.79 Å². The number of nitrogens with zero attached hydrogens (tertiary/aromatic N) is 1. The van der Waals surface area contributed by atoms with Crippen LogP contribution < -0.4 is 5.32 Å². The second-order valence-corrected chi connectivity index (χ2v) is 5.07. The number of carbonyl (C=O) groups is 1. The second kappa shape index (κ2) is 6.87. The van der Waals surface area contributed by atoms with Crippen molar-refractivity contribution in [3.8, 4) is 0 Å². The molecule has 0 unspecified atom stereocenters. The van der Waals surface area contributed by atoms with Crippen LogP contribution in [0.5, 0.6) is 0 Å². The first-order chi connectivity index (χ1) is 10.5. The van der Waals surface area contributed by atoms with E-state index in [1.54, 1.807) is 24.3 Å². The molecule has 0 saturated carbocycles. The lowest BCUT2D eigenvalue weighted by Crippen LogP contribution is -2.08. The van der Waals surface area contributed by atoms with Gasteiger partial charge in [0.15, 0.2) is 0 Å². The summed E-state index contributed by atoms with van der Waals surface area (Å²) in [5, 5.41) is 13.9. The van der Waals surface area contributed by atoms with E-state index in [-0.39, 0.29) is 11.6 Å². The fraction of sp³-hybridized carbons (Fsp3) is 0.0625. The Balaban J connectivity index is 2.10. The Hall–Kier alpha value is -2.66. The number of nitrogens with one attached hydrogen (secondary N) is 1. The van der Waals surface area contributed by atoms with Crippen molar-refractivity contribution in [1.29, 1.82) is 0 Å². The van der Waals surface area contributed by atoms with E-state index in [0.29, 0.717) is 16.3 Å². The van der Waals surface area contributed by atoms with Gasteiger partial charge < -0.3 is 5.32 Å². The molecule has 0 fully saturated rings. The third-order valence-corrected chi connectivity index (χ3v) is 3.20. The van der Waals surface area contributed by atoms with Gasteiger partial charge >= 0.3 is 0 Å². The third-order valence-electron chi connectivity index (χ3n) is 2.97. The van der Waals surface area contributed by atoms with Crippen molar-refractivity contribution in [2.45, 2.75) is 6.92 Å². The van der Waals surface area contributed by atoms with Crippen molar-refractivity contribution in [1.82, 2.24) is 0 Å². The molecule has 0 bridgehead atoms. The normalized spacial score (nSPS) is 10.6. The summed E-state index contributed by atoms with van der Waals surface area (Å²) in [7, 11) is 0. The van der Waals surface area contributed by atoms with Gasteiger partial charge in [0, 0.05) is 28.9 Å². The number of anilines is 1. The molecule has 22 heavy (non-hydrogen) atoms. The zero-order chi connectivity index (χ0) is 16.1. The van der Waals surface area contributed by atoms with Gasteiger partial charge in [0.2, 0.25) is 5.91 Å². The number of halogens is 1. The molecule has 0 saturated heterocycles. The monoisotopic (exact) mass is 316 g/mol. The molecule has 1 N–H and O–H groups in total. The Morgan fingerprint density at radius 3 is 2.77 bits per heavy atom. The number of nitro groups is 1. The van der Waals surface area contributed by atoms with E-state index in [9.17, 15) is 14.9 Å². The molecule has 2 rings (SSSR count). The highest BCUT2D eigenvalue weighted by Gasteiger charge is 2.05. The number of nitro benzene ring substituents is 1. The largest absolute Gasteiger partial charge is 0.322 e. The summed E-state index contributed by atoms with van der Waals surface area (Å²) in [5.41, 5.74) is 2.07. The van der Waals surface area contributed by atoms with Crippen molar-refractivity contribution in [2.24, 2.45) is 0 Å². The van der Waals surface area contributed by atoms with Gasteiger partial charge in [-0.25, -0.2) is 0 Å². The minimum atomic E-state index is -0.479. The molecule has 0 aliphatic heterocycles. The van der Waals surface area contributed by atoms with E-state index in [0.717, 1.165) is 5.56 Å². The van der Waals surface area contributed by atoms with Gasteiger partial charge in [-0.3, -0.25) is 14.9 Å². The number of benzene rings is 2. The summed E-state index contributed by atoms with van der Waals surface area (Å²) < 4.78 is 0. The number of non-ortho nitro benzene ring substituents is 1. The molecule has 2 aromatic carbocycles. The van der Waals surface area contributed by atoms with Crippen LogP contribution in [0.2, 0.25) is 5.02 Å². The van der Waals surface area contributed by atoms with E-state index in [1.807, 2.05) is 13.0 Å². The summed E-state index contributed by atoms with van der Waals surface area (Å²) in [4.78, 5) is 22.1. The van der Waals surface area contributed by atoms with Crippen molar-refractivity contribution in [3.63, 3.8) is 0 Å². The second-order valence-electron chi connectivity index (χ2n) is 4.63. The van der Waals surface area contributed by atoms with Gasteiger partial charge in [0.05, 0.1) is 4.92 Å². The lowest BCUT2D eigenvalue weighted by molar-refractivity contribution is -0.384.